The van der Waals surface area contributed by atoms with Gasteiger partial charge >= 0.3 is 6.03 Å². The van der Waals surface area contributed by atoms with Crippen molar-refractivity contribution in [2.24, 2.45) is 0 Å². The van der Waals surface area contributed by atoms with Crippen molar-refractivity contribution in [1.29, 1.82) is 0 Å². The largest absolute Gasteiger partial charge is 0.339 e. The van der Waals surface area contributed by atoms with Crippen LogP contribution >= 0.6 is 24.8 Å². The van der Waals surface area contributed by atoms with Gasteiger partial charge in [0.2, 0.25) is 0 Å². The predicted molar refractivity (Wildman–Crippen MR) is 53.3 cm³/mol. The Labute approximate surface area is 84.0 Å². The molecule has 0 unspecified atom stereocenters. The fourth-order valence-electron chi connectivity index (χ4n) is 0.520. The molecule has 0 radical (unpaired) electrons. The number of anilines is 1. The second kappa shape index (κ2) is 4.62. The predicted octanol–water partition coefficient (Wildman–Crippen LogP) is -0.355. The van der Waals surface area contributed by atoms with Crippen molar-refractivity contribution < 1.29 is 4.79 Å². The highest BCUT2D eigenvalue weighted by Gasteiger charge is 2.01. The molecule has 1 aromatic heterocycles. The smallest absolute Gasteiger partial charge is 0.288 e. The lowest BCUT2D eigenvalue weighted by molar-refractivity contribution is 0.250. The summed E-state index contributed by atoms with van der Waals surface area (Å²) in [6.07, 6.45) is 1.43. The minimum atomic E-state index is -0.509. The molecule has 13 heavy (non-hydrogen) atoms. The van der Waals surface area contributed by atoms with Gasteiger partial charge in [-0.2, -0.15) is 0 Å². The van der Waals surface area contributed by atoms with Crippen molar-refractivity contribution in [2.75, 3.05) is 5.32 Å². The van der Waals surface area contributed by atoms with Gasteiger partial charge in [-0.15, -0.1) is 17.7 Å². The van der Waals surface area contributed by atoms with Gasteiger partial charge in [0, 0.05) is 0 Å². The summed E-state index contributed by atoms with van der Waals surface area (Å²) in [5.74, 6) is 0.310. The van der Waals surface area contributed by atoms with Crippen LogP contribution in [0.25, 0.3) is 0 Å². The normalized spacial score (nSPS) is 9.00. The van der Waals surface area contributed by atoms with Gasteiger partial charge in [0.15, 0.2) is 5.82 Å². The molecule has 0 spiro atoms. The summed E-state index contributed by atoms with van der Waals surface area (Å²) in [5.41, 5.74) is 4.55. The van der Waals surface area contributed by atoms with Gasteiger partial charge in [-0.05, 0) is 0 Å². The molecule has 0 bridgehead atoms. The van der Waals surface area contributed by atoms with E-state index < -0.39 is 6.03 Å². The Bertz CT molecular complexity index is 298. The molecule has 9 heteroatoms. The number of carbonyl (C=O) groups excluding carboxylic acids is 1. The zero-order chi connectivity index (χ0) is 9.68. The molecule has 0 aliphatic carbocycles. The van der Waals surface area contributed by atoms with E-state index in [2.05, 4.69) is 56.4 Å². The number of aromatic nitrogens is 3. The monoisotopic (exact) mass is 218 g/mol. The molecule has 0 aliphatic rings. The summed E-state index contributed by atoms with van der Waals surface area (Å²) >= 11 is 8.27. The highest BCUT2D eigenvalue weighted by molar-refractivity contribution is 8.11. The number of H-pyrrole nitrogens is 1. The zero-order valence-corrected chi connectivity index (χ0v) is 7.95. The number of carbonyl (C=O) groups is 1. The molecule has 0 atom stereocenters. The molecule has 4 N–H and O–H groups in total. The fraction of sp³-hybridized carbons (Fsp3) is 0. The van der Waals surface area contributed by atoms with Crippen molar-refractivity contribution >= 4 is 41.0 Å². The number of rotatable bonds is 1. The van der Waals surface area contributed by atoms with E-state index in [1.54, 1.807) is 0 Å². The summed E-state index contributed by atoms with van der Waals surface area (Å²) < 4.78 is 0.162. The first kappa shape index (κ1) is 9.74. The molecular weight excluding hydrogens is 212 g/mol. The number of hydrogen-bond acceptors (Lipinski definition) is 4. The molecular formula is C4H6N6OS2. The van der Waals surface area contributed by atoms with E-state index in [-0.39, 0.29) is 4.32 Å². The van der Waals surface area contributed by atoms with E-state index in [0.29, 0.717) is 5.82 Å². The van der Waals surface area contributed by atoms with Crippen molar-refractivity contribution in [2.45, 2.75) is 0 Å². The van der Waals surface area contributed by atoms with Crippen LogP contribution in [0.15, 0.2) is 6.20 Å². The van der Waals surface area contributed by atoms with Gasteiger partial charge in [0.25, 0.3) is 0 Å². The van der Waals surface area contributed by atoms with Crippen molar-refractivity contribution in [1.82, 2.24) is 26.3 Å². The third-order valence-corrected chi connectivity index (χ3v) is 1.16. The summed E-state index contributed by atoms with van der Waals surface area (Å²) in [6, 6.07) is -0.509. The quantitative estimate of drug-likeness (QED) is 0.252. The standard InChI is InChI=1S/C4H6N6OS2/c11-3(8-9-4(12)13)6-2-1-5-10-7-2/h1H,(H2,9,12,13)(H3,5,6,7,8,10,11). The average molecular weight is 218 g/mol. The SMILES string of the molecule is O=C(NNC(=S)S)Nc1c[nH]nn1. The highest BCUT2D eigenvalue weighted by Crippen LogP contribution is 1.93. The van der Waals surface area contributed by atoms with Crippen LogP contribution in [0, 0.1) is 0 Å². The van der Waals surface area contributed by atoms with Crippen molar-refractivity contribution in [3.05, 3.63) is 6.20 Å². The number of nitrogens with one attached hydrogen (secondary N) is 4. The Morgan fingerprint density at radius 1 is 1.62 bits per heavy atom. The van der Waals surface area contributed by atoms with Gasteiger partial charge in [-0.25, -0.2) is 4.79 Å². The van der Waals surface area contributed by atoms with Crippen LogP contribution in [0.2, 0.25) is 0 Å². The number of nitrogens with zero attached hydrogens (tertiary/aromatic N) is 2. The third-order valence-electron chi connectivity index (χ3n) is 0.941. The van der Waals surface area contributed by atoms with Gasteiger partial charge in [0.1, 0.15) is 4.32 Å². The van der Waals surface area contributed by atoms with Crippen LogP contribution in [0.1, 0.15) is 0 Å². The Morgan fingerprint density at radius 2 is 2.38 bits per heavy atom. The Hall–Kier alpha value is -1.35. The van der Waals surface area contributed by atoms with E-state index in [4.69, 9.17) is 0 Å². The van der Waals surface area contributed by atoms with Crippen LogP contribution < -0.4 is 16.2 Å². The van der Waals surface area contributed by atoms with Crippen molar-refractivity contribution in [3.8, 4) is 0 Å². The Morgan fingerprint density at radius 3 is 2.92 bits per heavy atom. The maximum Gasteiger partial charge on any atom is 0.339 e. The molecule has 1 heterocycles. The van der Waals surface area contributed by atoms with Crippen LogP contribution in [0.5, 0.6) is 0 Å². The average Bonchev–Trinajstić information content (AvgIpc) is 2.53. The summed E-state index contributed by atoms with van der Waals surface area (Å²) in [4.78, 5) is 11.0. The Kier molecular flexibility index (Phi) is 3.46. The molecule has 0 aliphatic heterocycles. The second-order valence-electron chi connectivity index (χ2n) is 1.87. The summed E-state index contributed by atoms with van der Waals surface area (Å²) in [5, 5.41) is 11.7. The molecule has 0 saturated carbocycles. The van der Waals surface area contributed by atoms with Crippen LogP contribution in [-0.2, 0) is 0 Å². The van der Waals surface area contributed by atoms with Crippen LogP contribution in [-0.4, -0.2) is 25.8 Å². The number of hydrazine groups is 1. The topological polar surface area (TPSA) is 94.7 Å². The van der Waals surface area contributed by atoms with E-state index in [1.807, 2.05) is 0 Å². The fourth-order valence-corrected chi connectivity index (χ4v) is 0.627. The summed E-state index contributed by atoms with van der Waals surface area (Å²) in [7, 11) is 0. The maximum absolute atomic E-state index is 11.0. The van der Waals surface area contributed by atoms with E-state index in [1.165, 1.54) is 6.20 Å². The molecule has 0 fully saturated rings. The van der Waals surface area contributed by atoms with E-state index in [0.717, 1.165) is 0 Å². The zero-order valence-electron chi connectivity index (χ0n) is 6.24. The molecule has 1 rings (SSSR count). The maximum atomic E-state index is 11.0. The first-order chi connectivity index (χ1) is 6.18. The number of amides is 2. The molecule has 7 nitrogen and oxygen atoms in total. The minimum Gasteiger partial charge on any atom is -0.288 e. The molecule has 1 aromatic rings. The van der Waals surface area contributed by atoms with Gasteiger partial charge in [-0.3, -0.25) is 21.3 Å². The number of thiol groups is 1. The van der Waals surface area contributed by atoms with Crippen LogP contribution in [0.3, 0.4) is 0 Å². The second-order valence-corrected chi connectivity index (χ2v) is 3.03. The Balaban J connectivity index is 2.30. The summed E-state index contributed by atoms with van der Waals surface area (Å²) in [6.45, 7) is 0. The van der Waals surface area contributed by atoms with E-state index in [9.17, 15) is 4.79 Å². The number of hydrogen-bond donors (Lipinski definition) is 5. The minimum absolute atomic E-state index is 0.162. The van der Waals surface area contributed by atoms with Gasteiger partial charge in [0.05, 0.1) is 6.20 Å². The highest BCUT2D eigenvalue weighted by atomic mass is 32.1. The lowest BCUT2D eigenvalue weighted by atomic mass is 10.7. The lowest BCUT2D eigenvalue weighted by Gasteiger charge is -2.04. The number of urea groups is 1. The van der Waals surface area contributed by atoms with E-state index >= 15 is 0 Å². The van der Waals surface area contributed by atoms with Crippen LogP contribution in [0.4, 0.5) is 10.6 Å². The van der Waals surface area contributed by atoms with Gasteiger partial charge in [-0.1, -0.05) is 17.4 Å². The molecule has 0 saturated heterocycles. The van der Waals surface area contributed by atoms with Crippen molar-refractivity contribution in [3.63, 3.8) is 0 Å². The van der Waals surface area contributed by atoms with Gasteiger partial charge < -0.3 is 0 Å². The number of thiocarbonyl (C=S) groups is 1. The third kappa shape index (κ3) is 3.71. The molecule has 70 valence electrons. The number of aromatic amines is 1. The molecule has 0 aromatic carbocycles. The first-order valence-electron chi connectivity index (χ1n) is 3.11. The first-order valence-corrected chi connectivity index (χ1v) is 3.96. The molecule has 2 amide bonds. The lowest BCUT2D eigenvalue weighted by Crippen LogP contribution is -2.41.